The van der Waals surface area contributed by atoms with Crippen molar-refractivity contribution in [3.63, 3.8) is 0 Å². The summed E-state index contributed by atoms with van der Waals surface area (Å²) in [6.45, 7) is 0.608. The van der Waals surface area contributed by atoms with Gasteiger partial charge in [0.2, 0.25) is 0 Å². The Bertz CT molecular complexity index is 106. The Morgan fingerprint density at radius 1 is 1.78 bits per heavy atom. The van der Waals surface area contributed by atoms with E-state index in [-0.39, 0.29) is 40.6 Å². The average Bonchev–Trinajstić information content (AvgIpc) is 2.12. The molecule has 0 radical (unpaired) electrons. The molecule has 1 saturated heterocycles. The second-order valence-electron chi connectivity index (χ2n) is 1.84. The van der Waals surface area contributed by atoms with Crippen LogP contribution < -0.4 is 0 Å². The fourth-order valence-corrected chi connectivity index (χ4v) is 0.772. The van der Waals surface area contributed by atoms with E-state index in [1.807, 2.05) is 0 Å². The van der Waals surface area contributed by atoms with Crippen molar-refractivity contribution in [1.82, 2.24) is 0 Å². The minimum Gasteiger partial charge on any atom is -1.00 e. The molecular formula is C5H10CaO3. The molecule has 1 aliphatic heterocycles. The van der Waals surface area contributed by atoms with Crippen molar-refractivity contribution in [1.29, 1.82) is 0 Å². The van der Waals surface area contributed by atoms with Crippen LogP contribution in [0.15, 0.2) is 0 Å². The summed E-state index contributed by atoms with van der Waals surface area (Å²) in [6, 6.07) is 0. The van der Waals surface area contributed by atoms with Gasteiger partial charge in [-0.15, -0.1) is 0 Å². The van der Waals surface area contributed by atoms with E-state index in [4.69, 9.17) is 9.84 Å². The van der Waals surface area contributed by atoms with E-state index in [2.05, 4.69) is 0 Å². The van der Waals surface area contributed by atoms with Crippen LogP contribution in [0.1, 0.15) is 15.7 Å². The number of aliphatic carboxylic acids is 1. The van der Waals surface area contributed by atoms with Crippen LogP contribution in [-0.4, -0.2) is 61.5 Å². The normalized spacial score (nSPS) is 25.1. The van der Waals surface area contributed by atoms with E-state index >= 15 is 0 Å². The Morgan fingerprint density at radius 3 is 2.67 bits per heavy atom. The summed E-state index contributed by atoms with van der Waals surface area (Å²) in [5.74, 6) is -0.831. The predicted molar refractivity (Wildman–Crippen MR) is 34.6 cm³/mol. The number of carboxylic acids is 1. The van der Waals surface area contributed by atoms with Crippen LogP contribution in [0.2, 0.25) is 0 Å². The number of hydrogen-bond donors (Lipinski definition) is 1. The number of hydrogen-bond acceptors (Lipinski definition) is 2. The van der Waals surface area contributed by atoms with Gasteiger partial charge in [0, 0.05) is 6.61 Å². The Morgan fingerprint density at radius 2 is 2.44 bits per heavy atom. The molecule has 0 saturated carbocycles. The molecular weight excluding hydrogens is 148 g/mol. The molecule has 1 heterocycles. The standard InChI is InChI=1S/C5H8O3.Ca.2H/c6-5(7)4-2-1-3-8-4;;;/h4H,1-3H2,(H,6,7);;;/q;+2;2*-1. The summed E-state index contributed by atoms with van der Waals surface area (Å²) in [4.78, 5) is 10.1. The molecule has 3 nitrogen and oxygen atoms in total. The summed E-state index contributed by atoms with van der Waals surface area (Å²) in [5.41, 5.74) is 0. The first-order valence-electron chi connectivity index (χ1n) is 2.65. The first-order valence-corrected chi connectivity index (χ1v) is 2.65. The topological polar surface area (TPSA) is 46.5 Å². The minimum atomic E-state index is -0.831. The number of carbonyl (C=O) groups is 1. The molecule has 1 atom stereocenters. The van der Waals surface area contributed by atoms with E-state index in [0.717, 1.165) is 6.42 Å². The maximum atomic E-state index is 10.1. The molecule has 0 aliphatic carbocycles. The van der Waals surface area contributed by atoms with Crippen LogP contribution in [-0.2, 0) is 9.53 Å². The van der Waals surface area contributed by atoms with Gasteiger partial charge < -0.3 is 12.7 Å². The molecule has 0 amide bonds. The van der Waals surface area contributed by atoms with E-state index < -0.39 is 12.1 Å². The summed E-state index contributed by atoms with van der Waals surface area (Å²) >= 11 is 0. The van der Waals surface area contributed by atoms with Crippen molar-refractivity contribution in [3.05, 3.63) is 0 Å². The summed E-state index contributed by atoms with van der Waals surface area (Å²) < 4.78 is 4.81. The van der Waals surface area contributed by atoms with Crippen molar-refractivity contribution in [2.45, 2.75) is 18.9 Å². The molecule has 0 spiro atoms. The average molecular weight is 158 g/mol. The van der Waals surface area contributed by atoms with Gasteiger partial charge in [0.05, 0.1) is 0 Å². The Hall–Kier alpha value is 0.690. The van der Waals surface area contributed by atoms with Crippen molar-refractivity contribution in [2.24, 2.45) is 0 Å². The molecule has 0 bridgehead atoms. The van der Waals surface area contributed by atoms with Crippen LogP contribution in [0, 0.1) is 0 Å². The molecule has 4 heteroatoms. The van der Waals surface area contributed by atoms with Gasteiger partial charge in [0.25, 0.3) is 0 Å². The van der Waals surface area contributed by atoms with Crippen molar-refractivity contribution in [2.75, 3.05) is 6.61 Å². The smallest absolute Gasteiger partial charge is 1.00 e. The summed E-state index contributed by atoms with van der Waals surface area (Å²) in [5, 5.41) is 8.29. The molecule has 0 aromatic carbocycles. The number of carboxylic acid groups (broad SMARTS) is 1. The monoisotopic (exact) mass is 158 g/mol. The van der Waals surface area contributed by atoms with Crippen LogP contribution in [0.3, 0.4) is 0 Å². The molecule has 1 aliphatic rings. The Labute approximate surface area is 86.3 Å². The van der Waals surface area contributed by atoms with Gasteiger partial charge in [-0.1, -0.05) is 0 Å². The van der Waals surface area contributed by atoms with Gasteiger partial charge in [-0.2, -0.15) is 0 Å². The van der Waals surface area contributed by atoms with Gasteiger partial charge in [-0.25, -0.2) is 4.79 Å². The second-order valence-corrected chi connectivity index (χ2v) is 1.84. The first-order chi connectivity index (χ1) is 3.80. The Kier molecular flexibility index (Phi) is 4.84. The van der Waals surface area contributed by atoms with Gasteiger partial charge in [-0.3, -0.25) is 0 Å². The van der Waals surface area contributed by atoms with E-state index in [1.165, 1.54) is 0 Å². The number of rotatable bonds is 1. The molecule has 1 N–H and O–H groups in total. The molecule has 1 unspecified atom stereocenters. The van der Waals surface area contributed by atoms with E-state index in [0.29, 0.717) is 13.0 Å². The zero-order chi connectivity index (χ0) is 5.98. The zero-order valence-corrected chi connectivity index (χ0v) is 7.38. The third-order valence-corrected chi connectivity index (χ3v) is 1.21. The molecule has 0 aromatic rings. The quantitative estimate of drug-likeness (QED) is 0.550. The summed E-state index contributed by atoms with van der Waals surface area (Å²) in [6.07, 6.45) is 1.04. The molecule has 50 valence electrons. The minimum absolute atomic E-state index is 0. The van der Waals surface area contributed by atoms with Gasteiger partial charge in [-0.05, 0) is 12.8 Å². The van der Waals surface area contributed by atoms with Gasteiger partial charge in [0.15, 0.2) is 6.10 Å². The Balaban J connectivity index is -0.000000213. The zero-order valence-electron chi connectivity index (χ0n) is 7.17. The fourth-order valence-electron chi connectivity index (χ4n) is 0.772. The largest absolute Gasteiger partial charge is 2.00 e. The third kappa shape index (κ3) is 2.85. The third-order valence-electron chi connectivity index (χ3n) is 1.21. The maximum absolute atomic E-state index is 10.1. The second kappa shape index (κ2) is 4.50. The van der Waals surface area contributed by atoms with Crippen LogP contribution in [0.25, 0.3) is 0 Å². The predicted octanol–water partition coefficient (Wildman–Crippen LogP) is 0.0942. The van der Waals surface area contributed by atoms with Crippen LogP contribution in [0.4, 0.5) is 0 Å². The van der Waals surface area contributed by atoms with Crippen molar-refractivity contribution in [3.8, 4) is 0 Å². The summed E-state index contributed by atoms with van der Waals surface area (Å²) in [7, 11) is 0. The fraction of sp³-hybridized carbons (Fsp3) is 0.800. The maximum Gasteiger partial charge on any atom is 2.00 e. The van der Waals surface area contributed by atoms with Crippen molar-refractivity contribution >= 4 is 43.7 Å². The molecule has 0 aromatic heterocycles. The molecule has 9 heavy (non-hydrogen) atoms. The number of ether oxygens (including phenoxy) is 1. The van der Waals surface area contributed by atoms with Gasteiger partial charge in [0.1, 0.15) is 0 Å². The van der Waals surface area contributed by atoms with E-state index in [1.54, 1.807) is 0 Å². The SMILES string of the molecule is O=C(O)C1CCCO1.[Ca+2].[H-].[H-]. The van der Waals surface area contributed by atoms with Crippen LogP contribution in [0.5, 0.6) is 0 Å². The van der Waals surface area contributed by atoms with Crippen molar-refractivity contribution < 1.29 is 17.5 Å². The van der Waals surface area contributed by atoms with Gasteiger partial charge >= 0.3 is 43.7 Å². The van der Waals surface area contributed by atoms with E-state index in [9.17, 15) is 4.79 Å². The molecule has 1 rings (SSSR count). The van der Waals surface area contributed by atoms with Crippen LogP contribution >= 0.6 is 0 Å². The first kappa shape index (κ1) is 9.69. The molecule has 1 fully saturated rings.